The van der Waals surface area contributed by atoms with Gasteiger partial charge < -0.3 is 0 Å². The summed E-state index contributed by atoms with van der Waals surface area (Å²) in [6.45, 7) is 0. The molecule has 0 aromatic heterocycles. The SMILES string of the molecule is ClCCC1=NSCC1. The number of rotatable bonds is 2. The van der Waals surface area contributed by atoms with Gasteiger partial charge in [-0.25, -0.2) is 4.40 Å². The zero-order valence-electron chi connectivity index (χ0n) is 4.56. The summed E-state index contributed by atoms with van der Waals surface area (Å²) in [4.78, 5) is 0. The van der Waals surface area contributed by atoms with Crippen molar-refractivity contribution in [1.29, 1.82) is 0 Å². The van der Waals surface area contributed by atoms with Crippen molar-refractivity contribution in [3.63, 3.8) is 0 Å². The van der Waals surface area contributed by atoms with Crippen LogP contribution in [-0.2, 0) is 0 Å². The number of nitrogens with zero attached hydrogens (tertiary/aromatic N) is 1. The minimum Gasteiger partial charge on any atom is -0.226 e. The molecule has 1 aliphatic rings. The Morgan fingerprint density at radius 2 is 2.62 bits per heavy atom. The van der Waals surface area contributed by atoms with Crippen LogP contribution in [0.15, 0.2) is 4.40 Å². The van der Waals surface area contributed by atoms with Crippen molar-refractivity contribution in [3.05, 3.63) is 0 Å². The Morgan fingerprint density at radius 3 is 3.12 bits per heavy atom. The Morgan fingerprint density at radius 1 is 1.75 bits per heavy atom. The number of halogens is 1. The number of hydrogen-bond donors (Lipinski definition) is 0. The van der Waals surface area contributed by atoms with E-state index >= 15 is 0 Å². The fourth-order valence-electron chi connectivity index (χ4n) is 0.626. The second kappa shape index (κ2) is 3.36. The first-order chi connectivity index (χ1) is 3.93. The van der Waals surface area contributed by atoms with Crippen LogP contribution in [0.1, 0.15) is 12.8 Å². The second-order valence-corrected chi connectivity index (χ2v) is 2.91. The van der Waals surface area contributed by atoms with Crippen molar-refractivity contribution in [2.75, 3.05) is 11.6 Å². The minimum atomic E-state index is 0.722. The van der Waals surface area contributed by atoms with E-state index in [4.69, 9.17) is 11.6 Å². The highest BCUT2D eigenvalue weighted by Gasteiger charge is 2.04. The van der Waals surface area contributed by atoms with Crippen LogP contribution < -0.4 is 0 Å². The van der Waals surface area contributed by atoms with Crippen LogP contribution in [-0.4, -0.2) is 17.3 Å². The summed E-state index contributed by atoms with van der Waals surface area (Å²) in [6, 6.07) is 0. The third-order valence-electron chi connectivity index (χ3n) is 1.06. The standard InChI is InChI=1S/C5H8ClNS/c6-3-1-5-2-4-8-7-5/h1-4H2. The Hall–Kier alpha value is 0.310. The molecule has 1 nitrogen and oxygen atoms in total. The summed E-state index contributed by atoms with van der Waals surface area (Å²) >= 11 is 7.14. The van der Waals surface area contributed by atoms with E-state index in [1.807, 2.05) is 0 Å². The molecule has 1 heterocycles. The molecule has 1 rings (SSSR count). The predicted octanol–water partition coefficient (Wildman–Crippen LogP) is 2.11. The molecule has 8 heavy (non-hydrogen) atoms. The van der Waals surface area contributed by atoms with Crippen LogP contribution in [0, 0.1) is 0 Å². The van der Waals surface area contributed by atoms with Crippen LogP contribution in [0.4, 0.5) is 0 Å². The fourth-order valence-corrected chi connectivity index (χ4v) is 1.63. The van der Waals surface area contributed by atoms with E-state index in [0.717, 1.165) is 24.5 Å². The minimum absolute atomic E-state index is 0.722. The zero-order chi connectivity index (χ0) is 5.82. The maximum absolute atomic E-state index is 5.49. The summed E-state index contributed by atoms with van der Waals surface area (Å²) in [5, 5.41) is 0. The van der Waals surface area contributed by atoms with Crippen molar-refractivity contribution in [2.45, 2.75) is 12.8 Å². The molecule has 0 aromatic rings. The van der Waals surface area contributed by atoms with Crippen molar-refractivity contribution in [2.24, 2.45) is 4.40 Å². The third-order valence-corrected chi connectivity index (χ3v) is 2.02. The molecule has 0 spiro atoms. The van der Waals surface area contributed by atoms with E-state index in [0.29, 0.717) is 0 Å². The Kier molecular flexibility index (Phi) is 2.70. The molecular formula is C5H8ClNS. The van der Waals surface area contributed by atoms with Gasteiger partial charge in [-0.1, -0.05) is 0 Å². The van der Waals surface area contributed by atoms with Crippen molar-refractivity contribution in [3.8, 4) is 0 Å². The van der Waals surface area contributed by atoms with E-state index in [2.05, 4.69) is 4.40 Å². The van der Waals surface area contributed by atoms with Gasteiger partial charge in [0.05, 0.1) is 0 Å². The lowest BCUT2D eigenvalue weighted by atomic mass is 10.2. The molecule has 46 valence electrons. The summed E-state index contributed by atoms with van der Waals surface area (Å²) in [6.07, 6.45) is 2.13. The average molecular weight is 150 g/mol. The molecule has 0 saturated carbocycles. The van der Waals surface area contributed by atoms with Crippen LogP contribution in [0.25, 0.3) is 0 Å². The van der Waals surface area contributed by atoms with Gasteiger partial charge in [-0.15, -0.1) is 11.6 Å². The predicted molar refractivity (Wildman–Crippen MR) is 39.8 cm³/mol. The Balaban J connectivity index is 2.23. The molecule has 0 saturated heterocycles. The van der Waals surface area contributed by atoms with Crippen LogP contribution in [0.2, 0.25) is 0 Å². The highest BCUT2D eigenvalue weighted by molar-refractivity contribution is 7.98. The average Bonchev–Trinajstić information content (AvgIpc) is 2.19. The van der Waals surface area contributed by atoms with E-state index in [9.17, 15) is 0 Å². The second-order valence-electron chi connectivity index (χ2n) is 1.68. The first-order valence-corrected chi connectivity index (χ1v) is 4.15. The molecule has 0 radical (unpaired) electrons. The van der Waals surface area contributed by atoms with Gasteiger partial charge in [0, 0.05) is 17.3 Å². The lowest BCUT2D eigenvalue weighted by Crippen LogP contribution is -1.93. The van der Waals surface area contributed by atoms with Gasteiger partial charge in [0.2, 0.25) is 0 Å². The molecular weight excluding hydrogens is 142 g/mol. The summed E-state index contributed by atoms with van der Waals surface area (Å²) in [5.41, 5.74) is 1.28. The first kappa shape index (κ1) is 6.43. The monoisotopic (exact) mass is 149 g/mol. The highest BCUT2D eigenvalue weighted by Crippen LogP contribution is 2.16. The highest BCUT2D eigenvalue weighted by atomic mass is 35.5. The molecule has 0 N–H and O–H groups in total. The largest absolute Gasteiger partial charge is 0.226 e. The maximum atomic E-state index is 5.49. The van der Waals surface area contributed by atoms with Gasteiger partial charge >= 0.3 is 0 Å². The maximum Gasteiger partial charge on any atom is 0.0283 e. The fraction of sp³-hybridized carbons (Fsp3) is 0.800. The molecule has 0 aliphatic carbocycles. The molecule has 0 unspecified atom stereocenters. The molecule has 0 bridgehead atoms. The normalized spacial score (nSPS) is 18.9. The van der Waals surface area contributed by atoms with Crippen LogP contribution in [0.5, 0.6) is 0 Å². The van der Waals surface area contributed by atoms with E-state index in [1.54, 1.807) is 11.9 Å². The number of hydrogen-bond acceptors (Lipinski definition) is 2. The number of alkyl halides is 1. The summed E-state index contributed by atoms with van der Waals surface area (Å²) in [7, 11) is 0. The Labute approximate surface area is 58.7 Å². The van der Waals surface area contributed by atoms with E-state index in [1.165, 1.54) is 5.71 Å². The lowest BCUT2D eigenvalue weighted by Gasteiger charge is -1.89. The van der Waals surface area contributed by atoms with E-state index in [-0.39, 0.29) is 0 Å². The van der Waals surface area contributed by atoms with Crippen LogP contribution >= 0.6 is 23.5 Å². The molecule has 0 aromatic carbocycles. The van der Waals surface area contributed by atoms with Crippen molar-refractivity contribution >= 4 is 29.3 Å². The first-order valence-electron chi connectivity index (χ1n) is 2.67. The van der Waals surface area contributed by atoms with Gasteiger partial charge in [-0.2, -0.15) is 0 Å². The lowest BCUT2D eigenvalue weighted by molar-refractivity contribution is 1.21. The quantitative estimate of drug-likeness (QED) is 0.433. The third kappa shape index (κ3) is 1.67. The van der Waals surface area contributed by atoms with Gasteiger partial charge in [-0.3, -0.25) is 0 Å². The van der Waals surface area contributed by atoms with E-state index < -0.39 is 0 Å². The molecule has 0 amide bonds. The summed E-state index contributed by atoms with van der Waals surface area (Å²) in [5.74, 6) is 1.88. The molecule has 0 atom stereocenters. The van der Waals surface area contributed by atoms with Crippen LogP contribution in [0.3, 0.4) is 0 Å². The van der Waals surface area contributed by atoms with Crippen molar-refractivity contribution in [1.82, 2.24) is 0 Å². The zero-order valence-corrected chi connectivity index (χ0v) is 6.13. The van der Waals surface area contributed by atoms with Gasteiger partial charge in [0.1, 0.15) is 0 Å². The summed E-state index contributed by atoms with van der Waals surface area (Å²) < 4.78 is 4.17. The smallest absolute Gasteiger partial charge is 0.0283 e. The molecule has 1 aliphatic heterocycles. The van der Waals surface area contributed by atoms with Gasteiger partial charge in [0.15, 0.2) is 0 Å². The van der Waals surface area contributed by atoms with Gasteiger partial charge in [0.25, 0.3) is 0 Å². The molecule has 0 fully saturated rings. The topological polar surface area (TPSA) is 12.4 Å². The Bertz CT molecular complexity index is 103. The van der Waals surface area contributed by atoms with Gasteiger partial charge in [-0.05, 0) is 24.8 Å². The van der Waals surface area contributed by atoms with Crippen molar-refractivity contribution < 1.29 is 0 Å². The molecule has 3 heteroatoms.